The van der Waals surface area contributed by atoms with Gasteiger partial charge in [-0.1, -0.05) is 24.8 Å². The molecular formula is C21H22FNO4. The molecule has 5 nitrogen and oxygen atoms in total. The minimum Gasteiger partial charge on any atom is -0.493 e. The zero-order valence-corrected chi connectivity index (χ0v) is 15.4. The van der Waals surface area contributed by atoms with Crippen molar-refractivity contribution >= 4 is 5.91 Å². The number of morpholine rings is 1. The van der Waals surface area contributed by atoms with Crippen LogP contribution < -0.4 is 9.47 Å². The zero-order chi connectivity index (χ0) is 19.4. The molecule has 0 radical (unpaired) electrons. The number of halogens is 1. The van der Waals surface area contributed by atoms with Crippen LogP contribution in [0, 0.1) is 5.82 Å². The lowest BCUT2D eigenvalue weighted by molar-refractivity contribution is -0.141. The number of benzene rings is 2. The van der Waals surface area contributed by atoms with E-state index in [9.17, 15) is 9.18 Å². The predicted octanol–water partition coefficient (Wildman–Crippen LogP) is 3.13. The molecule has 0 aliphatic carbocycles. The van der Waals surface area contributed by atoms with Gasteiger partial charge in [0.1, 0.15) is 11.4 Å². The minimum absolute atomic E-state index is 0.225. The average molecular weight is 371 g/mol. The molecule has 1 aliphatic heterocycles. The SMILES string of the molecule is C=CC(=O)N1CCOCC1(c1ccc(F)cc1)c1ccc(OC)c(OC)c1. The van der Waals surface area contributed by atoms with Crippen LogP contribution in [0.25, 0.3) is 0 Å². The molecule has 6 heteroatoms. The molecule has 0 aromatic heterocycles. The van der Waals surface area contributed by atoms with Crippen LogP contribution >= 0.6 is 0 Å². The van der Waals surface area contributed by atoms with E-state index in [1.54, 1.807) is 37.3 Å². The Balaban J connectivity index is 2.25. The summed E-state index contributed by atoms with van der Waals surface area (Å²) in [7, 11) is 3.11. The fourth-order valence-electron chi connectivity index (χ4n) is 3.52. The van der Waals surface area contributed by atoms with Crippen LogP contribution in [0.15, 0.2) is 55.1 Å². The van der Waals surface area contributed by atoms with Crippen LogP contribution in [0.2, 0.25) is 0 Å². The standard InChI is InChI=1S/C21H22FNO4/c1-4-20(24)23-11-12-27-14-21(23,15-5-8-17(22)9-6-15)16-7-10-18(25-2)19(13-16)26-3/h4-10,13H,1,11-12,14H2,2-3H3. The minimum atomic E-state index is -0.934. The van der Waals surface area contributed by atoms with Gasteiger partial charge in [-0.05, 0) is 41.5 Å². The van der Waals surface area contributed by atoms with E-state index < -0.39 is 5.54 Å². The summed E-state index contributed by atoms with van der Waals surface area (Å²) >= 11 is 0. The fraction of sp³-hybridized carbons (Fsp3) is 0.286. The summed E-state index contributed by atoms with van der Waals surface area (Å²) in [5.74, 6) is 0.541. The normalized spacial score (nSPS) is 19.4. The number of rotatable bonds is 5. The number of ether oxygens (including phenoxy) is 3. The Bertz CT molecular complexity index is 837. The molecule has 1 fully saturated rings. The Morgan fingerprint density at radius 1 is 1.15 bits per heavy atom. The molecule has 27 heavy (non-hydrogen) atoms. The lowest BCUT2D eigenvalue weighted by Crippen LogP contribution is -2.57. The highest BCUT2D eigenvalue weighted by Gasteiger charge is 2.45. The van der Waals surface area contributed by atoms with Crippen LogP contribution in [-0.4, -0.2) is 44.8 Å². The number of nitrogens with zero attached hydrogens (tertiary/aromatic N) is 1. The van der Waals surface area contributed by atoms with Crippen molar-refractivity contribution in [3.63, 3.8) is 0 Å². The van der Waals surface area contributed by atoms with Gasteiger partial charge in [-0.15, -0.1) is 0 Å². The maximum absolute atomic E-state index is 13.6. The Hall–Kier alpha value is -2.86. The highest BCUT2D eigenvalue weighted by atomic mass is 19.1. The largest absolute Gasteiger partial charge is 0.493 e. The Morgan fingerprint density at radius 3 is 2.44 bits per heavy atom. The number of amides is 1. The second kappa shape index (κ2) is 7.80. The van der Waals surface area contributed by atoms with Crippen molar-refractivity contribution in [2.24, 2.45) is 0 Å². The summed E-state index contributed by atoms with van der Waals surface area (Å²) in [5.41, 5.74) is 0.587. The molecule has 2 aromatic carbocycles. The van der Waals surface area contributed by atoms with Crippen LogP contribution in [-0.2, 0) is 15.1 Å². The van der Waals surface area contributed by atoms with Gasteiger partial charge < -0.3 is 19.1 Å². The average Bonchev–Trinajstić information content (AvgIpc) is 2.73. The topological polar surface area (TPSA) is 48.0 Å². The van der Waals surface area contributed by atoms with E-state index in [0.717, 1.165) is 11.1 Å². The first kappa shape index (κ1) is 18.9. The first-order valence-electron chi connectivity index (χ1n) is 8.57. The van der Waals surface area contributed by atoms with Gasteiger partial charge in [-0.3, -0.25) is 4.79 Å². The van der Waals surface area contributed by atoms with Gasteiger partial charge in [-0.2, -0.15) is 0 Å². The second-order valence-corrected chi connectivity index (χ2v) is 6.18. The zero-order valence-electron chi connectivity index (χ0n) is 15.4. The van der Waals surface area contributed by atoms with Gasteiger partial charge >= 0.3 is 0 Å². The first-order chi connectivity index (χ1) is 13.1. The molecular weight excluding hydrogens is 349 g/mol. The monoisotopic (exact) mass is 371 g/mol. The lowest BCUT2D eigenvalue weighted by atomic mass is 9.80. The molecule has 1 atom stereocenters. The number of carbonyl (C=O) groups is 1. The van der Waals surface area contributed by atoms with Crippen LogP contribution in [0.4, 0.5) is 4.39 Å². The van der Waals surface area contributed by atoms with Crippen LogP contribution in [0.1, 0.15) is 11.1 Å². The molecule has 1 heterocycles. The third kappa shape index (κ3) is 3.28. The summed E-state index contributed by atoms with van der Waals surface area (Å²) in [6, 6.07) is 11.6. The van der Waals surface area contributed by atoms with Crippen molar-refractivity contribution in [1.82, 2.24) is 4.90 Å². The maximum Gasteiger partial charge on any atom is 0.247 e. The smallest absolute Gasteiger partial charge is 0.247 e. The molecule has 1 aliphatic rings. The number of hydrogen-bond acceptors (Lipinski definition) is 4. The first-order valence-corrected chi connectivity index (χ1v) is 8.57. The van der Waals surface area contributed by atoms with Gasteiger partial charge in [0.05, 0.1) is 27.4 Å². The van der Waals surface area contributed by atoms with Crippen LogP contribution in [0.5, 0.6) is 11.5 Å². The van der Waals surface area contributed by atoms with Crippen molar-refractivity contribution in [2.75, 3.05) is 34.0 Å². The van der Waals surface area contributed by atoms with Gasteiger partial charge in [-0.25, -0.2) is 4.39 Å². The van der Waals surface area contributed by atoms with Crippen molar-refractivity contribution in [3.8, 4) is 11.5 Å². The van der Waals surface area contributed by atoms with Gasteiger partial charge in [0.15, 0.2) is 11.5 Å². The van der Waals surface area contributed by atoms with Gasteiger partial charge in [0.25, 0.3) is 0 Å². The van der Waals surface area contributed by atoms with Gasteiger partial charge in [0, 0.05) is 6.54 Å². The molecule has 2 aromatic rings. The quantitative estimate of drug-likeness (QED) is 0.758. The third-order valence-corrected chi connectivity index (χ3v) is 4.85. The van der Waals surface area contributed by atoms with E-state index in [1.165, 1.54) is 18.2 Å². The van der Waals surface area contributed by atoms with Crippen molar-refractivity contribution in [3.05, 3.63) is 72.1 Å². The Labute approximate surface area is 158 Å². The van der Waals surface area contributed by atoms with Gasteiger partial charge in [0.2, 0.25) is 5.91 Å². The molecule has 3 rings (SSSR count). The summed E-state index contributed by atoms with van der Waals surface area (Å²) in [5, 5.41) is 0. The molecule has 0 saturated carbocycles. The van der Waals surface area contributed by atoms with Crippen LogP contribution in [0.3, 0.4) is 0 Å². The van der Waals surface area contributed by atoms with Crippen molar-refractivity contribution < 1.29 is 23.4 Å². The fourth-order valence-corrected chi connectivity index (χ4v) is 3.52. The summed E-state index contributed by atoms with van der Waals surface area (Å²) in [6.07, 6.45) is 1.28. The number of carbonyl (C=O) groups excluding carboxylic acids is 1. The summed E-state index contributed by atoms with van der Waals surface area (Å²) in [6.45, 7) is 4.66. The Morgan fingerprint density at radius 2 is 1.81 bits per heavy atom. The number of methoxy groups -OCH3 is 2. The maximum atomic E-state index is 13.6. The third-order valence-electron chi connectivity index (χ3n) is 4.85. The van der Waals surface area contributed by atoms with E-state index in [-0.39, 0.29) is 18.3 Å². The molecule has 1 saturated heterocycles. The molecule has 1 amide bonds. The highest BCUT2D eigenvalue weighted by molar-refractivity contribution is 5.88. The molecule has 0 spiro atoms. The van der Waals surface area contributed by atoms with Crippen molar-refractivity contribution in [1.29, 1.82) is 0 Å². The summed E-state index contributed by atoms with van der Waals surface area (Å²) < 4.78 is 30.1. The van der Waals surface area contributed by atoms with E-state index >= 15 is 0 Å². The number of hydrogen-bond donors (Lipinski definition) is 0. The molecule has 0 bridgehead atoms. The van der Waals surface area contributed by atoms with Crippen molar-refractivity contribution in [2.45, 2.75) is 5.54 Å². The van der Waals surface area contributed by atoms with E-state index in [4.69, 9.17) is 14.2 Å². The summed E-state index contributed by atoms with van der Waals surface area (Å²) in [4.78, 5) is 14.4. The second-order valence-electron chi connectivity index (χ2n) is 6.18. The molecule has 142 valence electrons. The van der Waals surface area contributed by atoms with E-state index in [2.05, 4.69) is 6.58 Å². The predicted molar refractivity (Wildman–Crippen MR) is 99.5 cm³/mol. The molecule has 0 N–H and O–H groups in total. The lowest BCUT2D eigenvalue weighted by Gasteiger charge is -2.47. The molecule has 1 unspecified atom stereocenters. The van der Waals surface area contributed by atoms with E-state index in [0.29, 0.717) is 24.7 Å². The highest BCUT2D eigenvalue weighted by Crippen LogP contribution is 2.42. The van der Waals surface area contributed by atoms with E-state index in [1.807, 2.05) is 12.1 Å². The Kier molecular flexibility index (Phi) is 5.46.